The van der Waals surface area contributed by atoms with Crippen molar-refractivity contribution >= 4 is 62.0 Å². The van der Waals surface area contributed by atoms with Crippen LogP contribution in [0.1, 0.15) is 61.0 Å². The maximum atomic E-state index is 14.9. The van der Waals surface area contributed by atoms with E-state index < -0.39 is 81.7 Å². The highest BCUT2D eigenvalue weighted by atomic mass is 16.7. The summed E-state index contributed by atoms with van der Waals surface area (Å²) in [5.74, 6) is -5.95. The molecule has 370 valence electrons. The number of aliphatic hydroxyl groups excluding tert-OH is 3. The van der Waals surface area contributed by atoms with E-state index in [2.05, 4.69) is 10.2 Å². The Bertz CT molecular complexity index is 3000. The minimum atomic E-state index is -1.98. The molecule has 7 aliphatic rings. The number of phenolic OH excluding ortho intramolecular Hbond substituents is 1. The molecule has 2 fully saturated rings. The average Bonchev–Trinajstić information content (AvgIpc) is 3.58. The second-order valence-corrected chi connectivity index (χ2v) is 19.3. The molecule has 8 heterocycles. The van der Waals surface area contributed by atoms with Gasteiger partial charge >= 0.3 is 11.8 Å². The fourth-order valence-corrected chi connectivity index (χ4v) is 10.3. The number of ether oxygens (including phenoxy) is 5. The summed E-state index contributed by atoms with van der Waals surface area (Å²) in [6.45, 7) is 18.1. The van der Waals surface area contributed by atoms with Crippen LogP contribution in [-0.2, 0) is 28.5 Å². The highest BCUT2D eigenvalue weighted by molar-refractivity contribution is 6.16. The van der Waals surface area contributed by atoms with Crippen LogP contribution in [0.4, 0.5) is 11.4 Å². The molecule has 1 aromatic heterocycles. The molecule has 18 nitrogen and oxygen atoms in total. The van der Waals surface area contributed by atoms with E-state index in [1.54, 1.807) is 38.1 Å². The number of carbonyl (C=O) groups excluding carboxylic acids is 2. The van der Waals surface area contributed by atoms with Gasteiger partial charge in [-0.2, -0.15) is 0 Å². The molecule has 0 unspecified atom stereocenters. The zero-order valence-electron chi connectivity index (χ0n) is 40.6. The fraction of sp³-hybridized carbons (Fsp3) is 0.510. The molecule has 0 aliphatic carbocycles. The lowest BCUT2D eigenvalue weighted by Crippen LogP contribution is -2.60. The van der Waals surface area contributed by atoms with Gasteiger partial charge < -0.3 is 58.7 Å². The molecule has 11 rings (SSSR count). The lowest BCUT2D eigenvalue weighted by atomic mass is 9.70. The van der Waals surface area contributed by atoms with Crippen molar-refractivity contribution in [2.24, 2.45) is 23.7 Å². The summed E-state index contributed by atoms with van der Waals surface area (Å²) in [5, 5.41) is 47.6. The Hall–Kier alpha value is -6.05. The van der Waals surface area contributed by atoms with E-state index in [1.165, 1.54) is 40.2 Å². The van der Waals surface area contributed by atoms with Gasteiger partial charge in [-0.25, -0.2) is 4.98 Å². The first-order chi connectivity index (χ1) is 32.6. The van der Waals surface area contributed by atoms with Gasteiger partial charge in [0.1, 0.15) is 28.8 Å². The topological polar surface area (TPSA) is 240 Å². The average molecular weight is 955 g/mol. The first kappa shape index (κ1) is 49.4. The van der Waals surface area contributed by atoms with Crippen molar-refractivity contribution in [1.29, 1.82) is 0 Å². The monoisotopic (exact) mass is 954 g/mol. The van der Waals surface area contributed by atoms with E-state index in [0.29, 0.717) is 38.4 Å². The fourth-order valence-electron chi connectivity index (χ4n) is 10.3. The number of esters is 1. The number of β-amino-alcohol motifs (C(OH)–C–C–N with tert-alkyl or cyclic N) is 1. The zero-order chi connectivity index (χ0) is 50.0. The molecule has 4 aromatic rings. The van der Waals surface area contributed by atoms with Gasteiger partial charge in [0.05, 0.1) is 47.4 Å². The Morgan fingerprint density at radius 1 is 0.986 bits per heavy atom. The molecule has 5 N–H and O–H groups in total. The number of fused-ring (bicyclic) bond motifs is 1. The van der Waals surface area contributed by atoms with Crippen LogP contribution in [0.25, 0.3) is 38.7 Å². The summed E-state index contributed by atoms with van der Waals surface area (Å²) in [5.41, 5.74) is -2.21. The number of nitrogens with one attached hydrogen (secondary N) is 1. The van der Waals surface area contributed by atoms with Crippen molar-refractivity contribution in [3.8, 4) is 11.5 Å². The van der Waals surface area contributed by atoms with Gasteiger partial charge in [-0.1, -0.05) is 45.9 Å². The first-order valence-electron chi connectivity index (χ1n) is 23.4. The number of carbonyl (C=O) groups is 2. The van der Waals surface area contributed by atoms with Gasteiger partial charge in [0.2, 0.25) is 10.9 Å². The Morgan fingerprint density at radius 3 is 2.35 bits per heavy atom. The number of aliphatic hydroxyl groups is 3. The minimum absolute atomic E-state index is 0.0159. The number of nitrogens with zero attached hydrogens (tertiary/aromatic N) is 3. The first-order valence-corrected chi connectivity index (χ1v) is 23.4. The summed E-state index contributed by atoms with van der Waals surface area (Å²) in [7, 11) is 1.47. The molecule has 3 aromatic carbocycles. The number of hydrogen-bond donors (Lipinski definition) is 5. The van der Waals surface area contributed by atoms with Crippen LogP contribution >= 0.6 is 0 Å². The SMILES string of the molecule is CO[C@H]1/C=C/O[C@@]2(C)Oc3c(C)c(O)c4c(=O)c(c5oc6cc(N7CCN(CCO)CC7)cc(=O)c6nc5c4c3=C2O)NC(=O)/C(C)=C\C=C\[C@]2(C)O[C@H]([C@@H](C)[C@@H](O)[C@@H](C)[C@H](OC(C)=O)[C@@H]1C)[C@H]2C. The summed E-state index contributed by atoms with van der Waals surface area (Å²) in [6, 6.07) is 3.08. The van der Waals surface area contributed by atoms with Crippen molar-refractivity contribution < 1.29 is 58.1 Å². The Kier molecular flexibility index (Phi) is 13.4. The lowest BCUT2D eigenvalue weighted by molar-refractivity contribution is -0.251. The maximum absolute atomic E-state index is 14.9. The number of anilines is 2. The predicted molar refractivity (Wildman–Crippen MR) is 258 cm³/mol. The van der Waals surface area contributed by atoms with E-state index in [1.807, 2.05) is 38.7 Å². The van der Waals surface area contributed by atoms with Crippen molar-refractivity contribution in [3.63, 3.8) is 0 Å². The van der Waals surface area contributed by atoms with E-state index >= 15 is 0 Å². The van der Waals surface area contributed by atoms with Crippen LogP contribution in [0.3, 0.4) is 0 Å². The normalized spacial score (nSPS) is 31.9. The molecule has 0 radical (unpaired) electrons. The van der Waals surface area contributed by atoms with Crippen LogP contribution in [-0.4, -0.2) is 124 Å². The highest BCUT2D eigenvalue weighted by Gasteiger charge is 2.52. The number of phenols is 1. The minimum Gasteiger partial charge on any atom is -0.507 e. The smallest absolute Gasteiger partial charge is 0.307 e. The molecule has 0 spiro atoms. The Labute approximate surface area is 398 Å². The van der Waals surface area contributed by atoms with Gasteiger partial charge in [0.15, 0.2) is 22.4 Å². The highest BCUT2D eigenvalue weighted by Crippen LogP contribution is 2.46. The van der Waals surface area contributed by atoms with Gasteiger partial charge in [-0.05, 0) is 26.8 Å². The summed E-state index contributed by atoms with van der Waals surface area (Å²) >= 11 is 0. The van der Waals surface area contributed by atoms with Crippen LogP contribution in [0.15, 0.2) is 62.3 Å². The molecule has 1 amide bonds. The van der Waals surface area contributed by atoms with Crippen LogP contribution in [0.2, 0.25) is 0 Å². The number of allylic oxidation sites excluding steroid dienone is 2. The summed E-state index contributed by atoms with van der Waals surface area (Å²) in [6.07, 6.45) is 4.90. The largest absolute Gasteiger partial charge is 0.507 e. The molecule has 7 aliphatic heterocycles. The summed E-state index contributed by atoms with van der Waals surface area (Å²) < 4.78 is 37.1. The third-order valence-corrected chi connectivity index (χ3v) is 14.8. The van der Waals surface area contributed by atoms with Gasteiger partial charge in [-0.15, -0.1) is 0 Å². The third-order valence-electron chi connectivity index (χ3n) is 14.8. The number of rotatable bonds is 5. The third kappa shape index (κ3) is 8.59. The van der Waals surface area contributed by atoms with Crippen molar-refractivity contribution in [2.45, 2.75) is 98.1 Å². The van der Waals surface area contributed by atoms with Crippen LogP contribution in [0, 0.1) is 30.6 Å². The molecule has 69 heavy (non-hydrogen) atoms. The van der Waals surface area contributed by atoms with E-state index in [-0.39, 0.29) is 79.4 Å². The lowest BCUT2D eigenvalue weighted by Gasteiger charge is -2.54. The maximum Gasteiger partial charge on any atom is 0.307 e. The van der Waals surface area contributed by atoms with E-state index in [0.717, 1.165) is 0 Å². The van der Waals surface area contributed by atoms with Gasteiger partial charge in [-0.3, -0.25) is 24.1 Å². The van der Waals surface area contributed by atoms with E-state index in [4.69, 9.17) is 33.1 Å². The predicted octanol–water partition coefficient (Wildman–Crippen LogP) is 4.47. The molecule has 7 bridgehead atoms. The number of amides is 1. The Morgan fingerprint density at radius 2 is 1.70 bits per heavy atom. The quantitative estimate of drug-likeness (QED) is 0.105. The molecule has 2 saturated heterocycles. The van der Waals surface area contributed by atoms with E-state index in [9.17, 15) is 39.6 Å². The Balaban J connectivity index is 1.33. The zero-order valence-corrected chi connectivity index (χ0v) is 40.6. The van der Waals surface area contributed by atoms with Crippen molar-refractivity contribution in [2.75, 3.05) is 56.7 Å². The molecule has 0 saturated carbocycles. The van der Waals surface area contributed by atoms with Gasteiger partial charge in [0, 0.05) is 112 Å². The van der Waals surface area contributed by atoms with Gasteiger partial charge in [0.25, 0.3) is 5.91 Å². The number of aromatic hydroxyl groups is 1. The number of piperazine rings is 1. The molecule has 10 atom stereocenters. The van der Waals surface area contributed by atoms with Crippen molar-refractivity contribution in [1.82, 2.24) is 9.88 Å². The van der Waals surface area contributed by atoms with Crippen LogP contribution < -0.4 is 31.0 Å². The molecule has 18 heteroatoms. The second-order valence-electron chi connectivity index (χ2n) is 19.3. The van der Waals surface area contributed by atoms with Crippen LogP contribution in [0.5, 0.6) is 11.5 Å². The second kappa shape index (κ2) is 18.7. The number of hydrogen-bond acceptors (Lipinski definition) is 17. The van der Waals surface area contributed by atoms with Crippen molar-refractivity contribution in [3.05, 3.63) is 79.5 Å². The number of benzene rings is 3. The number of methoxy groups -OCH3 is 1. The summed E-state index contributed by atoms with van der Waals surface area (Å²) in [4.78, 5) is 64.5. The number of aromatic nitrogens is 1. The standard InChI is InChI=1S/C51H62N4O14/c1-24-12-11-14-50(8)29(6)45(68-50)27(4)41(59)26(3)44(66-30(7)57)25(2)33(64-10)13-21-65-51(9)48(62)37-35-36(42(60)28(5)46(37)69-51)43(61)40(53-49(24)63)47-39(35)52-38-32(58)22-31(23-34(38)67-47)55-17-15-54(16-18-55)19-20-56/h11-14,21-23,25-27,29,33,41,44-45,56,59-60,62H,15-20H2,1-10H3,(H,53,63)/b14-11+,21-13+,24-12-/t25-,26-,27+,29-,33+,41+,44-,45-,50+,51+/m1/s1. The molecular weight excluding hydrogens is 893 g/mol. The molecular formula is C51H62N4O14.